The maximum Gasteiger partial charge on any atom is 0.408 e. The number of carbonyl (C=O) groups is 5. The van der Waals surface area contributed by atoms with Crippen molar-refractivity contribution in [1.29, 1.82) is 0 Å². The van der Waals surface area contributed by atoms with E-state index in [0.29, 0.717) is 25.7 Å². The maximum absolute atomic E-state index is 14.2. The highest BCUT2D eigenvalue weighted by molar-refractivity contribution is 5.96. The van der Waals surface area contributed by atoms with Crippen LogP contribution in [0, 0.1) is 0 Å². The van der Waals surface area contributed by atoms with E-state index in [1.807, 2.05) is 66.7 Å². The number of ether oxygens (including phenoxy) is 3. The van der Waals surface area contributed by atoms with Gasteiger partial charge in [-0.2, -0.15) is 0 Å². The van der Waals surface area contributed by atoms with E-state index >= 15 is 0 Å². The monoisotopic (exact) mass is 697 g/mol. The second kappa shape index (κ2) is 16.2. The first-order valence-corrected chi connectivity index (χ1v) is 17.5. The maximum atomic E-state index is 14.2. The molecule has 1 saturated carbocycles. The lowest BCUT2D eigenvalue weighted by molar-refractivity contribution is -0.159. The molecule has 2 atom stereocenters. The van der Waals surface area contributed by atoms with Crippen molar-refractivity contribution < 1.29 is 38.2 Å². The molecule has 1 fully saturated rings. The largest absolute Gasteiger partial charge is 0.467 e. The number of nitrogens with one attached hydrogen (secondary N) is 3. The summed E-state index contributed by atoms with van der Waals surface area (Å²) in [5.41, 5.74) is 2.98. The van der Waals surface area contributed by atoms with Crippen LogP contribution in [-0.4, -0.2) is 66.8 Å². The molecule has 3 amide bonds. The number of amides is 3. The standard InChI is InChI=1S/C40H47N3O8/c1-39(2,3)51-34(44)24-33(36(46)49-4)41-35(45)32(23-26-15-7-5-8-16-26)42-37(47)40(21-13-6-14-22-40)43-38(48)50-25-31-29-19-11-9-17-27(29)28-18-10-12-20-30(28)31/h5,7-12,15-20,31-33H,6,13-14,21-25H2,1-4H3,(H,41,45)(H,42,47)(H,43,48)/t32-,33-/m0/s1. The molecule has 0 radical (unpaired) electrons. The van der Waals surface area contributed by atoms with Crippen LogP contribution >= 0.6 is 0 Å². The van der Waals surface area contributed by atoms with E-state index in [0.717, 1.165) is 41.3 Å². The van der Waals surface area contributed by atoms with Gasteiger partial charge < -0.3 is 30.2 Å². The van der Waals surface area contributed by atoms with Crippen molar-refractivity contribution in [2.45, 2.75) is 94.9 Å². The second-order valence-corrected chi connectivity index (χ2v) is 14.2. The molecule has 3 aromatic rings. The fourth-order valence-electron chi connectivity index (χ4n) is 6.91. The number of hydrogen-bond acceptors (Lipinski definition) is 8. The van der Waals surface area contributed by atoms with Gasteiger partial charge in [0.2, 0.25) is 11.8 Å². The van der Waals surface area contributed by atoms with E-state index < -0.39 is 59.5 Å². The zero-order valence-corrected chi connectivity index (χ0v) is 29.7. The molecule has 0 spiro atoms. The molecule has 2 aliphatic carbocycles. The van der Waals surface area contributed by atoms with E-state index in [1.54, 1.807) is 20.8 Å². The molecule has 0 aromatic heterocycles. The minimum atomic E-state index is -1.35. The Morgan fingerprint density at radius 2 is 1.37 bits per heavy atom. The Kier molecular flexibility index (Phi) is 11.8. The van der Waals surface area contributed by atoms with Gasteiger partial charge in [-0.15, -0.1) is 0 Å². The Hall–Kier alpha value is -5.19. The van der Waals surface area contributed by atoms with Crippen molar-refractivity contribution in [3.8, 4) is 11.1 Å². The first kappa shape index (κ1) is 37.1. The molecule has 2 aliphatic rings. The average Bonchev–Trinajstić information content (AvgIpc) is 3.43. The number of rotatable bonds is 12. The first-order valence-electron chi connectivity index (χ1n) is 17.5. The lowest BCUT2D eigenvalue weighted by Crippen LogP contribution is -2.63. The predicted octanol–water partition coefficient (Wildman–Crippen LogP) is 5.35. The van der Waals surface area contributed by atoms with Crippen LogP contribution in [-0.2, 0) is 39.8 Å². The highest BCUT2D eigenvalue weighted by Gasteiger charge is 2.43. The Morgan fingerprint density at radius 1 is 0.784 bits per heavy atom. The number of esters is 2. The Morgan fingerprint density at radius 3 is 1.96 bits per heavy atom. The van der Waals surface area contributed by atoms with E-state index in [9.17, 15) is 24.0 Å². The van der Waals surface area contributed by atoms with E-state index in [2.05, 4.69) is 28.1 Å². The molecule has 0 saturated heterocycles. The Bertz CT molecular complexity index is 1680. The quantitative estimate of drug-likeness (QED) is 0.170. The summed E-state index contributed by atoms with van der Waals surface area (Å²) >= 11 is 0. The van der Waals surface area contributed by atoms with Crippen LogP contribution in [0.2, 0.25) is 0 Å². The lowest BCUT2D eigenvalue weighted by Gasteiger charge is -2.37. The van der Waals surface area contributed by atoms with Crippen LogP contribution < -0.4 is 16.0 Å². The van der Waals surface area contributed by atoms with Gasteiger partial charge >= 0.3 is 18.0 Å². The fraction of sp³-hybridized carbons (Fsp3) is 0.425. The normalized spacial score (nSPS) is 16.0. The molecule has 51 heavy (non-hydrogen) atoms. The summed E-state index contributed by atoms with van der Waals surface area (Å²) in [5.74, 6) is -2.91. The summed E-state index contributed by atoms with van der Waals surface area (Å²) in [6, 6.07) is 22.7. The molecule has 5 rings (SSSR count). The van der Waals surface area contributed by atoms with Gasteiger partial charge in [-0.3, -0.25) is 14.4 Å². The Balaban J connectivity index is 1.32. The average molecular weight is 698 g/mol. The molecule has 0 bridgehead atoms. The SMILES string of the molecule is COC(=O)[C@H](CC(=O)OC(C)(C)C)NC(=O)[C@H](Cc1ccccc1)NC(=O)C1(NC(=O)OCC2c3ccccc3-c3ccccc32)CCCCC1. The third kappa shape index (κ3) is 9.33. The summed E-state index contributed by atoms with van der Waals surface area (Å²) in [6.07, 6.45) is 1.87. The zero-order chi connectivity index (χ0) is 36.6. The molecule has 270 valence electrons. The zero-order valence-electron chi connectivity index (χ0n) is 29.7. The van der Waals surface area contributed by atoms with Crippen molar-refractivity contribution in [1.82, 2.24) is 16.0 Å². The van der Waals surface area contributed by atoms with E-state index in [-0.39, 0.29) is 18.9 Å². The van der Waals surface area contributed by atoms with Gasteiger partial charge in [-0.1, -0.05) is 98.1 Å². The molecule has 0 heterocycles. The highest BCUT2D eigenvalue weighted by atomic mass is 16.6. The Labute approximate surface area is 298 Å². The molecular weight excluding hydrogens is 650 g/mol. The number of fused-ring (bicyclic) bond motifs is 3. The van der Waals surface area contributed by atoms with Crippen LogP contribution in [0.1, 0.15) is 81.9 Å². The molecule has 0 unspecified atom stereocenters. The van der Waals surface area contributed by atoms with Crippen molar-refractivity contribution in [2.24, 2.45) is 0 Å². The van der Waals surface area contributed by atoms with Gasteiger partial charge in [0.05, 0.1) is 13.5 Å². The molecule has 11 nitrogen and oxygen atoms in total. The number of carbonyl (C=O) groups excluding carboxylic acids is 5. The van der Waals surface area contributed by atoms with E-state index in [1.165, 1.54) is 0 Å². The highest BCUT2D eigenvalue weighted by Crippen LogP contribution is 2.44. The smallest absolute Gasteiger partial charge is 0.408 e. The van der Waals surface area contributed by atoms with Gasteiger partial charge in [-0.25, -0.2) is 9.59 Å². The first-order chi connectivity index (χ1) is 24.4. The minimum Gasteiger partial charge on any atom is -0.467 e. The van der Waals surface area contributed by atoms with Gasteiger partial charge in [0.25, 0.3) is 0 Å². The summed E-state index contributed by atoms with van der Waals surface area (Å²) in [6.45, 7) is 5.17. The van der Waals surface area contributed by atoms with Crippen molar-refractivity contribution in [2.75, 3.05) is 13.7 Å². The molecular formula is C40H47N3O8. The van der Waals surface area contributed by atoms with Crippen LogP contribution in [0.25, 0.3) is 11.1 Å². The lowest BCUT2D eigenvalue weighted by atomic mass is 9.80. The van der Waals surface area contributed by atoms with Crippen LogP contribution in [0.5, 0.6) is 0 Å². The van der Waals surface area contributed by atoms with Gasteiger partial charge in [0.1, 0.15) is 29.8 Å². The van der Waals surface area contributed by atoms with Crippen LogP contribution in [0.3, 0.4) is 0 Å². The fourth-order valence-corrected chi connectivity index (χ4v) is 6.91. The van der Waals surface area contributed by atoms with Crippen molar-refractivity contribution >= 4 is 29.8 Å². The molecule has 3 aromatic carbocycles. The number of hydrogen-bond donors (Lipinski definition) is 3. The number of methoxy groups -OCH3 is 1. The molecule has 0 aliphatic heterocycles. The van der Waals surface area contributed by atoms with Gasteiger partial charge in [0.15, 0.2) is 0 Å². The van der Waals surface area contributed by atoms with Gasteiger partial charge in [-0.05, 0) is 61.4 Å². The predicted molar refractivity (Wildman–Crippen MR) is 191 cm³/mol. The molecule has 11 heteroatoms. The number of alkyl carbamates (subject to hydrolysis) is 1. The third-order valence-corrected chi connectivity index (χ3v) is 9.32. The van der Waals surface area contributed by atoms with Gasteiger partial charge in [0, 0.05) is 12.3 Å². The number of benzene rings is 3. The topological polar surface area (TPSA) is 149 Å². The summed E-state index contributed by atoms with van der Waals surface area (Å²) in [4.78, 5) is 66.8. The van der Waals surface area contributed by atoms with Crippen molar-refractivity contribution in [3.63, 3.8) is 0 Å². The summed E-state index contributed by atoms with van der Waals surface area (Å²) < 4.78 is 16.1. The second-order valence-electron chi connectivity index (χ2n) is 14.2. The minimum absolute atomic E-state index is 0.0831. The van der Waals surface area contributed by atoms with Crippen LogP contribution in [0.15, 0.2) is 78.9 Å². The summed E-state index contributed by atoms with van der Waals surface area (Å²) in [5, 5.41) is 8.35. The summed E-state index contributed by atoms with van der Waals surface area (Å²) in [7, 11) is 1.15. The third-order valence-electron chi connectivity index (χ3n) is 9.32. The van der Waals surface area contributed by atoms with Crippen LogP contribution in [0.4, 0.5) is 4.79 Å². The van der Waals surface area contributed by atoms with E-state index in [4.69, 9.17) is 14.2 Å². The van der Waals surface area contributed by atoms with Crippen molar-refractivity contribution in [3.05, 3.63) is 95.6 Å². The molecule has 3 N–H and O–H groups in total.